The monoisotopic (exact) mass is 146 g/mol. The molecule has 0 aliphatic rings. The first-order chi connectivity index (χ1) is 4.63. The Hall–Kier alpha value is -1.10. The lowest BCUT2D eigenvalue weighted by atomic mass is 10.6. The molecular formula is C5H10N2O3. The maximum absolute atomic E-state index is 10.1. The second-order valence-electron chi connectivity index (χ2n) is 1.67. The lowest BCUT2D eigenvalue weighted by Crippen LogP contribution is -2.30. The first-order valence-corrected chi connectivity index (χ1v) is 2.75. The number of hydrogen-bond acceptors (Lipinski definition) is 4. The number of ether oxygens (including phenoxy) is 1. The maximum Gasteiger partial charge on any atom is 0.303 e. The van der Waals surface area contributed by atoms with E-state index in [0.717, 1.165) is 0 Å². The zero-order valence-electron chi connectivity index (χ0n) is 5.72. The van der Waals surface area contributed by atoms with Crippen molar-refractivity contribution in [3.63, 3.8) is 0 Å². The quantitative estimate of drug-likeness (QED) is 0.290. The minimum absolute atomic E-state index is 0.0211. The number of amides is 1. The number of carbonyl (C=O) groups is 2. The highest BCUT2D eigenvalue weighted by molar-refractivity contribution is 5.75. The fourth-order valence-corrected chi connectivity index (χ4v) is 0.327. The van der Waals surface area contributed by atoms with Gasteiger partial charge in [-0.05, 0) is 0 Å². The van der Waals surface area contributed by atoms with Crippen LogP contribution in [0, 0.1) is 0 Å². The predicted octanol–water partition coefficient (Wildman–Crippen LogP) is -1.42. The SMILES string of the molecule is CC(=O)OCNCC(N)=O. The van der Waals surface area contributed by atoms with Gasteiger partial charge in [0, 0.05) is 6.92 Å². The maximum atomic E-state index is 10.1. The van der Waals surface area contributed by atoms with Crippen molar-refractivity contribution in [2.24, 2.45) is 5.73 Å². The van der Waals surface area contributed by atoms with E-state index in [-0.39, 0.29) is 13.3 Å². The number of nitrogens with one attached hydrogen (secondary N) is 1. The molecule has 0 atom stereocenters. The third kappa shape index (κ3) is 6.90. The molecule has 58 valence electrons. The third-order valence-electron chi connectivity index (χ3n) is 0.677. The van der Waals surface area contributed by atoms with Crippen LogP contribution in [0.25, 0.3) is 0 Å². The van der Waals surface area contributed by atoms with E-state index in [0.29, 0.717) is 0 Å². The van der Waals surface area contributed by atoms with Gasteiger partial charge in [-0.2, -0.15) is 0 Å². The number of primary amides is 1. The summed E-state index contributed by atoms with van der Waals surface area (Å²) in [7, 11) is 0. The van der Waals surface area contributed by atoms with Gasteiger partial charge in [0.2, 0.25) is 5.91 Å². The van der Waals surface area contributed by atoms with E-state index in [4.69, 9.17) is 5.73 Å². The fourth-order valence-electron chi connectivity index (χ4n) is 0.327. The summed E-state index contributed by atoms with van der Waals surface area (Å²) in [5.74, 6) is -0.871. The van der Waals surface area contributed by atoms with Crippen LogP contribution in [0.3, 0.4) is 0 Å². The number of esters is 1. The Morgan fingerprint density at radius 2 is 2.20 bits per heavy atom. The highest BCUT2D eigenvalue weighted by Gasteiger charge is 1.93. The standard InChI is InChI=1S/C5H10N2O3/c1-4(8)10-3-7-2-5(6)9/h7H,2-3H2,1H3,(H2,6,9). The van der Waals surface area contributed by atoms with Gasteiger partial charge in [0.25, 0.3) is 0 Å². The van der Waals surface area contributed by atoms with Crippen molar-refractivity contribution in [1.29, 1.82) is 0 Å². The second kappa shape index (κ2) is 4.75. The summed E-state index contributed by atoms with van der Waals surface area (Å²) in [4.78, 5) is 20.2. The van der Waals surface area contributed by atoms with Gasteiger partial charge in [0.05, 0.1) is 6.54 Å². The molecule has 0 saturated heterocycles. The normalized spacial score (nSPS) is 8.90. The third-order valence-corrected chi connectivity index (χ3v) is 0.677. The highest BCUT2D eigenvalue weighted by Crippen LogP contribution is 1.70. The Balaban J connectivity index is 3.06. The summed E-state index contributed by atoms with van der Waals surface area (Å²) in [5.41, 5.74) is 4.77. The van der Waals surface area contributed by atoms with Gasteiger partial charge in [0.1, 0.15) is 6.73 Å². The van der Waals surface area contributed by atoms with Gasteiger partial charge in [-0.15, -0.1) is 0 Å². The summed E-state index contributed by atoms with van der Waals surface area (Å²) in [5, 5.41) is 2.50. The Morgan fingerprint density at radius 3 is 2.60 bits per heavy atom. The first-order valence-electron chi connectivity index (χ1n) is 2.75. The summed E-state index contributed by atoms with van der Waals surface area (Å²) >= 11 is 0. The van der Waals surface area contributed by atoms with Crippen LogP contribution in [0.15, 0.2) is 0 Å². The van der Waals surface area contributed by atoms with E-state index < -0.39 is 11.9 Å². The molecule has 10 heavy (non-hydrogen) atoms. The molecule has 0 heterocycles. The van der Waals surface area contributed by atoms with Crippen molar-refractivity contribution in [2.45, 2.75) is 6.92 Å². The lowest BCUT2D eigenvalue weighted by molar-refractivity contribution is -0.142. The topological polar surface area (TPSA) is 81.4 Å². The minimum Gasteiger partial charge on any atom is -0.450 e. The molecule has 3 N–H and O–H groups in total. The van der Waals surface area contributed by atoms with Crippen LogP contribution in [0.4, 0.5) is 0 Å². The van der Waals surface area contributed by atoms with Gasteiger partial charge in [0.15, 0.2) is 0 Å². The summed E-state index contributed by atoms with van der Waals surface area (Å²) in [6.45, 7) is 1.33. The van der Waals surface area contributed by atoms with Gasteiger partial charge in [-0.25, -0.2) is 0 Å². The van der Waals surface area contributed by atoms with Crippen molar-refractivity contribution in [2.75, 3.05) is 13.3 Å². The Morgan fingerprint density at radius 1 is 1.60 bits per heavy atom. The first kappa shape index (κ1) is 8.90. The van der Waals surface area contributed by atoms with E-state index in [1.54, 1.807) is 0 Å². The van der Waals surface area contributed by atoms with Gasteiger partial charge >= 0.3 is 5.97 Å². The fraction of sp³-hybridized carbons (Fsp3) is 0.600. The van der Waals surface area contributed by atoms with Crippen LogP contribution in [0.5, 0.6) is 0 Å². The Kier molecular flexibility index (Phi) is 4.23. The lowest BCUT2D eigenvalue weighted by Gasteiger charge is -2.00. The van der Waals surface area contributed by atoms with E-state index in [1.165, 1.54) is 6.92 Å². The molecule has 0 radical (unpaired) electrons. The van der Waals surface area contributed by atoms with Crippen molar-refractivity contribution in [1.82, 2.24) is 5.32 Å². The highest BCUT2D eigenvalue weighted by atomic mass is 16.5. The number of nitrogens with two attached hydrogens (primary N) is 1. The van der Waals surface area contributed by atoms with Gasteiger partial charge in [-0.3, -0.25) is 14.9 Å². The van der Waals surface area contributed by atoms with Crippen LogP contribution < -0.4 is 11.1 Å². The largest absolute Gasteiger partial charge is 0.450 e. The van der Waals surface area contributed by atoms with Crippen molar-refractivity contribution >= 4 is 11.9 Å². The average molecular weight is 146 g/mol. The molecule has 0 aromatic carbocycles. The van der Waals surface area contributed by atoms with Crippen LogP contribution in [-0.2, 0) is 14.3 Å². The molecule has 0 bridgehead atoms. The molecular weight excluding hydrogens is 136 g/mol. The second-order valence-corrected chi connectivity index (χ2v) is 1.67. The van der Waals surface area contributed by atoms with Crippen molar-refractivity contribution < 1.29 is 14.3 Å². The van der Waals surface area contributed by atoms with E-state index in [2.05, 4.69) is 10.1 Å². The minimum atomic E-state index is -0.479. The molecule has 0 aliphatic heterocycles. The number of hydrogen-bond donors (Lipinski definition) is 2. The number of rotatable bonds is 4. The molecule has 5 nitrogen and oxygen atoms in total. The molecule has 0 aromatic heterocycles. The smallest absolute Gasteiger partial charge is 0.303 e. The van der Waals surface area contributed by atoms with Crippen LogP contribution >= 0.6 is 0 Å². The molecule has 0 rings (SSSR count). The van der Waals surface area contributed by atoms with E-state index in [9.17, 15) is 9.59 Å². The van der Waals surface area contributed by atoms with Crippen molar-refractivity contribution in [3.05, 3.63) is 0 Å². The molecule has 1 amide bonds. The Bertz CT molecular complexity index is 119. The predicted molar refractivity (Wildman–Crippen MR) is 33.8 cm³/mol. The van der Waals surface area contributed by atoms with Gasteiger partial charge in [-0.1, -0.05) is 0 Å². The van der Waals surface area contributed by atoms with Crippen LogP contribution in [0.2, 0.25) is 0 Å². The Labute approximate surface area is 58.5 Å². The van der Waals surface area contributed by atoms with Crippen LogP contribution in [-0.4, -0.2) is 25.2 Å². The van der Waals surface area contributed by atoms with E-state index >= 15 is 0 Å². The molecule has 0 spiro atoms. The van der Waals surface area contributed by atoms with Gasteiger partial charge < -0.3 is 10.5 Å². The zero-order valence-corrected chi connectivity index (χ0v) is 5.72. The molecule has 0 aromatic rings. The van der Waals surface area contributed by atoms with Crippen molar-refractivity contribution in [3.8, 4) is 0 Å². The molecule has 0 fully saturated rings. The summed E-state index contributed by atoms with van der Waals surface area (Å²) in [6.07, 6.45) is 0. The van der Waals surface area contributed by atoms with E-state index in [1.807, 2.05) is 0 Å². The average Bonchev–Trinajstić information content (AvgIpc) is 1.79. The molecule has 5 heteroatoms. The summed E-state index contributed by atoms with van der Waals surface area (Å²) in [6, 6.07) is 0. The molecule has 0 aliphatic carbocycles. The van der Waals surface area contributed by atoms with Crippen LogP contribution in [0.1, 0.15) is 6.92 Å². The molecule has 0 saturated carbocycles. The zero-order chi connectivity index (χ0) is 7.98. The summed E-state index contributed by atoms with van der Waals surface area (Å²) < 4.78 is 4.43. The number of carbonyl (C=O) groups excluding carboxylic acids is 2. The molecule has 0 unspecified atom stereocenters.